The smallest absolute Gasteiger partial charge is 0.161 e. The van der Waals surface area contributed by atoms with Crippen molar-refractivity contribution in [1.29, 1.82) is 0 Å². The van der Waals surface area contributed by atoms with Crippen molar-refractivity contribution in [3.8, 4) is 11.5 Å². The van der Waals surface area contributed by atoms with Gasteiger partial charge in [-0.1, -0.05) is 48.0 Å². The van der Waals surface area contributed by atoms with Crippen molar-refractivity contribution in [3.63, 3.8) is 0 Å². The number of benzene rings is 2. The summed E-state index contributed by atoms with van der Waals surface area (Å²) in [4.78, 5) is 2.43. The van der Waals surface area contributed by atoms with Gasteiger partial charge >= 0.3 is 0 Å². The zero-order valence-electron chi connectivity index (χ0n) is 14.0. The minimum atomic E-state index is 0.183. The van der Waals surface area contributed by atoms with Crippen LogP contribution in [0.25, 0.3) is 0 Å². The fraction of sp³-hybridized carbons (Fsp3) is 0.300. The zero-order valence-corrected chi connectivity index (χ0v) is 14.8. The molecule has 0 aromatic heterocycles. The van der Waals surface area contributed by atoms with Gasteiger partial charge in [-0.3, -0.25) is 4.90 Å². The van der Waals surface area contributed by atoms with Crippen LogP contribution in [0.5, 0.6) is 11.5 Å². The molecule has 0 fully saturated rings. The minimum absolute atomic E-state index is 0.183. The highest BCUT2D eigenvalue weighted by Gasteiger charge is 2.29. The molecule has 0 spiro atoms. The van der Waals surface area contributed by atoms with Crippen molar-refractivity contribution in [1.82, 2.24) is 4.90 Å². The van der Waals surface area contributed by atoms with Gasteiger partial charge in [0.2, 0.25) is 0 Å². The number of methoxy groups -OCH3 is 2. The van der Waals surface area contributed by atoms with Crippen molar-refractivity contribution in [2.24, 2.45) is 0 Å². The molecular formula is C20H22ClNO2. The number of hydrogen-bond donors (Lipinski definition) is 0. The summed E-state index contributed by atoms with van der Waals surface area (Å²) < 4.78 is 11.0. The average molecular weight is 344 g/mol. The molecule has 126 valence electrons. The summed E-state index contributed by atoms with van der Waals surface area (Å²) in [5, 5.41) is 0. The highest BCUT2D eigenvalue weighted by Crippen LogP contribution is 2.40. The maximum Gasteiger partial charge on any atom is 0.161 e. The quantitative estimate of drug-likeness (QED) is 0.803. The lowest BCUT2D eigenvalue weighted by atomic mass is 9.87. The van der Waals surface area contributed by atoms with E-state index in [-0.39, 0.29) is 6.04 Å². The molecule has 3 nitrogen and oxygen atoms in total. The van der Waals surface area contributed by atoms with Gasteiger partial charge in [-0.05, 0) is 35.2 Å². The molecular weight excluding hydrogens is 322 g/mol. The summed E-state index contributed by atoms with van der Waals surface area (Å²) in [5.74, 6) is 1.56. The van der Waals surface area contributed by atoms with Crippen LogP contribution in [0, 0.1) is 0 Å². The number of ether oxygens (including phenoxy) is 2. The van der Waals surface area contributed by atoms with Gasteiger partial charge < -0.3 is 9.47 Å². The van der Waals surface area contributed by atoms with E-state index >= 15 is 0 Å². The van der Waals surface area contributed by atoms with Crippen LogP contribution in [-0.4, -0.2) is 32.2 Å². The molecule has 1 unspecified atom stereocenters. The Morgan fingerprint density at radius 3 is 2.50 bits per heavy atom. The van der Waals surface area contributed by atoms with Crippen molar-refractivity contribution >= 4 is 11.6 Å². The number of hydrogen-bond acceptors (Lipinski definition) is 3. The van der Waals surface area contributed by atoms with Gasteiger partial charge in [-0.2, -0.15) is 0 Å². The van der Waals surface area contributed by atoms with Crippen LogP contribution in [0.4, 0.5) is 0 Å². The topological polar surface area (TPSA) is 21.7 Å². The van der Waals surface area contributed by atoms with E-state index in [2.05, 4.69) is 41.3 Å². The van der Waals surface area contributed by atoms with E-state index < -0.39 is 0 Å². The lowest BCUT2D eigenvalue weighted by Crippen LogP contribution is -2.36. The van der Waals surface area contributed by atoms with Crippen LogP contribution in [0.15, 0.2) is 54.1 Å². The van der Waals surface area contributed by atoms with Crippen molar-refractivity contribution in [3.05, 3.63) is 70.8 Å². The van der Waals surface area contributed by atoms with Gasteiger partial charge in [0.15, 0.2) is 11.5 Å². The summed E-state index contributed by atoms with van der Waals surface area (Å²) in [6.45, 7) is 1.79. The lowest BCUT2D eigenvalue weighted by molar-refractivity contribution is 0.235. The second-order valence-corrected chi connectivity index (χ2v) is 6.08. The summed E-state index contributed by atoms with van der Waals surface area (Å²) in [5.41, 5.74) is 5.45. The SMILES string of the molecule is COc1cc2c(cc1OC)C(c1ccccc1)N(C/C=C/Cl)CC2. The number of fused-ring (bicyclic) bond motifs is 1. The Bertz CT molecular complexity index is 715. The van der Waals surface area contributed by atoms with E-state index in [1.165, 1.54) is 16.7 Å². The van der Waals surface area contributed by atoms with E-state index in [0.717, 1.165) is 31.0 Å². The first-order chi connectivity index (χ1) is 11.8. The Morgan fingerprint density at radius 2 is 1.83 bits per heavy atom. The molecule has 24 heavy (non-hydrogen) atoms. The van der Waals surface area contributed by atoms with E-state index in [0.29, 0.717) is 0 Å². The second kappa shape index (κ2) is 7.73. The fourth-order valence-electron chi connectivity index (χ4n) is 3.40. The third-order valence-electron chi connectivity index (χ3n) is 4.52. The molecule has 3 rings (SSSR count). The van der Waals surface area contributed by atoms with Gasteiger partial charge in [0, 0.05) is 18.6 Å². The Hall–Kier alpha value is -1.97. The van der Waals surface area contributed by atoms with E-state index in [4.69, 9.17) is 21.1 Å². The normalized spacial score (nSPS) is 17.7. The third-order valence-corrected chi connectivity index (χ3v) is 4.70. The third kappa shape index (κ3) is 3.28. The predicted molar refractivity (Wildman–Crippen MR) is 98.1 cm³/mol. The molecule has 2 aromatic carbocycles. The molecule has 0 saturated heterocycles. The summed E-state index contributed by atoms with van der Waals surface area (Å²) in [7, 11) is 3.36. The monoisotopic (exact) mass is 343 g/mol. The molecule has 2 aromatic rings. The highest BCUT2D eigenvalue weighted by molar-refractivity contribution is 6.25. The van der Waals surface area contributed by atoms with Crippen LogP contribution >= 0.6 is 11.6 Å². The molecule has 0 radical (unpaired) electrons. The molecule has 1 atom stereocenters. The van der Waals surface area contributed by atoms with Crippen LogP contribution in [0.3, 0.4) is 0 Å². The van der Waals surface area contributed by atoms with Crippen LogP contribution in [0.2, 0.25) is 0 Å². The molecule has 0 saturated carbocycles. The van der Waals surface area contributed by atoms with Crippen LogP contribution in [0.1, 0.15) is 22.7 Å². The fourth-order valence-corrected chi connectivity index (χ4v) is 3.48. The van der Waals surface area contributed by atoms with Crippen molar-refractivity contribution in [2.75, 3.05) is 27.3 Å². The highest BCUT2D eigenvalue weighted by atomic mass is 35.5. The number of nitrogens with zero attached hydrogens (tertiary/aromatic N) is 1. The maximum absolute atomic E-state index is 5.76. The molecule has 1 heterocycles. The molecule has 1 aliphatic rings. The summed E-state index contributed by atoms with van der Waals surface area (Å²) in [6, 6.07) is 15.0. The van der Waals surface area contributed by atoms with Gasteiger partial charge in [-0.25, -0.2) is 0 Å². The lowest BCUT2D eigenvalue weighted by Gasteiger charge is -2.37. The molecule has 1 aliphatic heterocycles. The molecule has 0 N–H and O–H groups in total. The first kappa shape index (κ1) is 16.9. The van der Waals surface area contributed by atoms with Crippen molar-refractivity contribution < 1.29 is 9.47 Å². The van der Waals surface area contributed by atoms with Crippen LogP contribution < -0.4 is 9.47 Å². The molecule has 4 heteroatoms. The molecule has 0 amide bonds. The first-order valence-electron chi connectivity index (χ1n) is 8.07. The Balaban J connectivity index is 2.10. The Kier molecular flexibility index (Phi) is 5.44. The zero-order chi connectivity index (χ0) is 16.9. The Labute approximate surface area is 148 Å². The number of halogens is 1. The van der Waals surface area contributed by atoms with E-state index in [1.807, 2.05) is 12.1 Å². The van der Waals surface area contributed by atoms with Gasteiger partial charge in [0.1, 0.15) is 0 Å². The maximum atomic E-state index is 5.76. The molecule has 0 aliphatic carbocycles. The molecule has 0 bridgehead atoms. The van der Waals surface area contributed by atoms with Gasteiger partial charge in [0.05, 0.1) is 20.3 Å². The minimum Gasteiger partial charge on any atom is -0.493 e. The van der Waals surface area contributed by atoms with E-state index in [1.54, 1.807) is 19.8 Å². The van der Waals surface area contributed by atoms with Crippen LogP contribution in [-0.2, 0) is 6.42 Å². The summed E-state index contributed by atoms with van der Waals surface area (Å²) >= 11 is 5.76. The summed E-state index contributed by atoms with van der Waals surface area (Å²) in [6.07, 6.45) is 2.97. The van der Waals surface area contributed by atoms with Gasteiger partial charge in [0.25, 0.3) is 0 Å². The predicted octanol–water partition coefficient (Wildman–Crippen LogP) is 4.40. The van der Waals surface area contributed by atoms with Crippen molar-refractivity contribution in [2.45, 2.75) is 12.5 Å². The number of rotatable bonds is 5. The standard InChI is InChI=1S/C20H22ClNO2/c1-23-18-13-16-9-12-22(11-6-10-21)20(15-7-4-3-5-8-15)17(16)14-19(18)24-2/h3-8,10,13-14,20H,9,11-12H2,1-2H3/b10-6+. The average Bonchev–Trinajstić information content (AvgIpc) is 2.65. The Morgan fingerprint density at radius 1 is 1.12 bits per heavy atom. The largest absolute Gasteiger partial charge is 0.493 e. The van der Waals surface area contributed by atoms with E-state index in [9.17, 15) is 0 Å². The van der Waals surface area contributed by atoms with Gasteiger partial charge in [-0.15, -0.1) is 0 Å². The second-order valence-electron chi connectivity index (χ2n) is 5.83. The first-order valence-corrected chi connectivity index (χ1v) is 8.51.